The second kappa shape index (κ2) is 5.40. The molecule has 5 nitrogen and oxygen atoms in total. The summed E-state index contributed by atoms with van der Waals surface area (Å²) in [5.74, 6) is 4.98. The summed E-state index contributed by atoms with van der Waals surface area (Å²) in [7, 11) is -4.02. The van der Waals surface area contributed by atoms with Crippen molar-refractivity contribution in [1.29, 1.82) is 0 Å². The van der Waals surface area contributed by atoms with Crippen LogP contribution in [0.3, 0.4) is 0 Å². The van der Waals surface area contributed by atoms with E-state index in [-0.39, 0.29) is 4.90 Å². The first kappa shape index (κ1) is 13.1. The average molecular weight is 244 g/mol. The molecule has 1 aliphatic carbocycles. The van der Waals surface area contributed by atoms with Crippen LogP contribution in [-0.2, 0) is 10.1 Å². The monoisotopic (exact) mass is 244 g/mol. The fourth-order valence-corrected chi connectivity index (χ4v) is 1.44. The Morgan fingerprint density at radius 1 is 1.31 bits per heavy atom. The van der Waals surface area contributed by atoms with Crippen LogP contribution in [0, 0.1) is 6.92 Å². The third-order valence-corrected chi connectivity index (χ3v) is 3.00. The summed E-state index contributed by atoms with van der Waals surface area (Å²) in [6.07, 6.45) is 2.55. The van der Waals surface area contributed by atoms with E-state index in [2.05, 4.69) is 5.43 Å². The van der Waals surface area contributed by atoms with Crippen LogP contribution in [0.1, 0.15) is 18.4 Å². The first-order chi connectivity index (χ1) is 7.43. The molecule has 0 aromatic heterocycles. The smallest absolute Gasteiger partial charge is 0.282 e. The maximum atomic E-state index is 10.5. The average Bonchev–Trinajstić information content (AvgIpc) is 3.01. The molecule has 0 atom stereocenters. The van der Waals surface area contributed by atoms with E-state index in [0.717, 1.165) is 5.56 Å². The predicted molar refractivity (Wildman–Crippen MR) is 61.3 cm³/mol. The van der Waals surface area contributed by atoms with Gasteiger partial charge in [-0.1, -0.05) is 17.7 Å². The Morgan fingerprint density at radius 2 is 1.81 bits per heavy atom. The lowest BCUT2D eigenvalue weighted by Crippen LogP contribution is -2.23. The van der Waals surface area contributed by atoms with Gasteiger partial charge in [0, 0.05) is 6.04 Å². The van der Waals surface area contributed by atoms with Gasteiger partial charge < -0.3 is 0 Å². The van der Waals surface area contributed by atoms with E-state index < -0.39 is 10.1 Å². The van der Waals surface area contributed by atoms with Gasteiger partial charge in [0.1, 0.15) is 0 Å². The number of hydrogen-bond donors (Lipinski definition) is 3. The van der Waals surface area contributed by atoms with Crippen molar-refractivity contribution in [3.8, 4) is 0 Å². The summed E-state index contributed by atoms with van der Waals surface area (Å²) >= 11 is 0. The molecule has 0 amide bonds. The second-order valence-electron chi connectivity index (χ2n) is 3.73. The van der Waals surface area contributed by atoms with Crippen molar-refractivity contribution in [2.24, 2.45) is 5.84 Å². The third kappa shape index (κ3) is 4.71. The lowest BCUT2D eigenvalue weighted by Gasteiger charge is -1.95. The topological polar surface area (TPSA) is 92.4 Å². The van der Waals surface area contributed by atoms with Crippen molar-refractivity contribution in [1.82, 2.24) is 5.43 Å². The summed E-state index contributed by atoms with van der Waals surface area (Å²) < 4.78 is 29.6. The highest BCUT2D eigenvalue weighted by Gasteiger charge is 2.17. The Kier molecular flexibility index (Phi) is 4.43. The van der Waals surface area contributed by atoms with Crippen molar-refractivity contribution in [3.63, 3.8) is 0 Å². The summed E-state index contributed by atoms with van der Waals surface area (Å²) in [5.41, 5.74) is 3.59. The van der Waals surface area contributed by atoms with Crippen LogP contribution in [0.25, 0.3) is 0 Å². The molecule has 0 spiro atoms. The molecule has 0 aliphatic heterocycles. The van der Waals surface area contributed by atoms with E-state index in [0.29, 0.717) is 6.04 Å². The Hall–Kier alpha value is -0.950. The van der Waals surface area contributed by atoms with Crippen LogP contribution < -0.4 is 11.3 Å². The maximum absolute atomic E-state index is 10.5. The molecule has 0 heterocycles. The molecule has 1 saturated carbocycles. The number of aryl methyl sites for hydroxylation is 1. The molecule has 0 bridgehead atoms. The Bertz CT molecular complexity index is 424. The molecular formula is C10H16N2O3S. The van der Waals surface area contributed by atoms with Crippen molar-refractivity contribution in [2.75, 3.05) is 0 Å². The first-order valence-corrected chi connectivity index (χ1v) is 6.38. The highest BCUT2D eigenvalue weighted by Crippen LogP contribution is 2.16. The van der Waals surface area contributed by atoms with Crippen molar-refractivity contribution in [3.05, 3.63) is 29.8 Å². The SMILES string of the molecule is Cc1ccc(S(=O)(=O)O)cc1.NNC1CC1. The van der Waals surface area contributed by atoms with E-state index in [4.69, 9.17) is 10.4 Å². The number of benzene rings is 1. The second-order valence-corrected chi connectivity index (χ2v) is 5.15. The summed E-state index contributed by atoms with van der Waals surface area (Å²) in [6, 6.07) is 6.65. The van der Waals surface area contributed by atoms with E-state index in [1.807, 2.05) is 6.92 Å². The first-order valence-electron chi connectivity index (χ1n) is 4.94. The van der Waals surface area contributed by atoms with Gasteiger partial charge in [-0.2, -0.15) is 8.42 Å². The van der Waals surface area contributed by atoms with Gasteiger partial charge in [0.2, 0.25) is 0 Å². The van der Waals surface area contributed by atoms with Crippen molar-refractivity contribution < 1.29 is 13.0 Å². The fraction of sp³-hybridized carbons (Fsp3) is 0.400. The lowest BCUT2D eigenvalue weighted by molar-refractivity contribution is 0.483. The molecule has 4 N–H and O–H groups in total. The zero-order chi connectivity index (χ0) is 12.2. The van der Waals surface area contributed by atoms with Crippen LogP contribution in [0.15, 0.2) is 29.2 Å². The molecule has 90 valence electrons. The van der Waals surface area contributed by atoms with Gasteiger partial charge >= 0.3 is 0 Å². The number of hydrogen-bond acceptors (Lipinski definition) is 4. The fourth-order valence-electron chi connectivity index (χ4n) is 0.960. The minimum absolute atomic E-state index is 0.0666. The van der Waals surface area contributed by atoms with Crippen molar-refractivity contribution >= 4 is 10.1 Å². The third-order valence-electron chi connectivity index (χ3n) is 2.13. The van der Waals surface area contributed by atoms with E-state index in [1.165, 1.54) is 25.0 Å². The highest BCUT2D eigenvalue weighted by molar-refractivity contribution is 7.85. The molecule has 6 heteroatoms. The highest BCUT2D eigenvalue weighted by atomic mass is 32.2. The van der Waals surface area contributed by atoms with Crippen LogP contribution in [-0.4, -0.2) is 19.0 Å². The molecule has 0 radical (unpaired) electrons. The number of nitrogens with one attached hydrogen (secondary N) is 1. The van der Waals surface area contributed by atoms with Gasteiger partial charge in [-0.15, -0.1) is 0 Å². The number of nitrogens with two attached hydrogens (primary N) is 1. The van der Waals surface area contributed by atoms with Crippen molar-refractivity contribution in [2.45, 2.75) is 30.7 Å². The van der Waals surface area contributed by atoms with Gasteiger partial charge in [-0.25, -0.2) is 0 Å². The molecule has 0 saturated heterocycles. The van der Waals surface area contributed by atoms with E-state index in [1.54, 1.807) is 12.1 Å². The Morgan fingerprint density at radius 3 is 2.06 bits per heavy atom. The lowest BCUT2D eigenvalue weighted by atomic mass is 10.2. The van der Waals surface area contributed by atoms with E-state index in [9.17, 15) is 8.42 Å². The zero-order valence-electron chi connectivity index (χ0n) is 9.05. The van der Waals surface area contributed by atoms with Crippen LogP contribution >= 0.6 is 0 Å². The van der Waals surface area contributed by atoms with Gasteiger partial charge in [0.05, 0.1) is 4.90 Å². The van der Waals surface area contributed by atoms with Crippen LogP contribution in [0.5, 0.6) is 0 Å². The number of hydrazine groups is 1. The largest absolute Gasteiger partial charge is 0.294 e. The van der Waals surface area contributed by atoms with Crippen LogP contribution in [0.2, 0.25) is 0 Å². The van der Waals surface area contributed by atoms with Gasteiger partial charge in [-0.3, -0.25) is 15.8 Å². The normalized spacial score (nSPS) is 15.2. The standard InChI is InChI=1S/C7H8O3S.C3H8N2/c1-6-2-4-7(5-3-6)11(8,9)10;4-5-3-1-2-3/h2-5H,1H3,(H,8,9,10);3,5H,1-2,4H2. The molecule has 1 aliphatic rings. The maximum Gasteiger partial charge on any atom is 0.294 e. The molecule has 1 aromatic carbocycles. The van der Waals surface area contributed by atoms with Gasteiger partial charge in [-0.05, 0) is 31.9 Å². The molecule has 0 unspecified atom stereocenters. The molecule has 1 fully saturated rings. The van der Waals surface area contributed by atoms with Gasteiger partial charge in [0.25, 0.3) is 10.1 Å². The predicted octanol–water partition coefficient (Wildman–Crippen LogP) is 0.854. The Balaban J connectivity index is 0.000000212. The summed E-state index contributed by atoms with van der Waals surface area (Å²) in [5, 5.41) is 0. The molecule has 1 aromatic rings. The molecule has 2 rings (SSSR count). The zero-order valence-corrected chi connectivity index (χ0v) is 9.87. The Labute approximate surface area is 95.4 Å². The minimum Gasteiger partial charge on any atom is -0.282 e. The quantitative estimate of drug-likeness (QED) is 0.407. The minimum atomic E-state index is -4.02. The van der Waals surface area contributed by atoms with E-state index >= 15 is 0 Å². The number of rotatable bonds is 2. The summed E-state index contributed by atoms with van der Waals surface area (Å²) in [4.78, 5) is -0.0666. The molecule has 16 heavy (non-hydrogen) atoms. The summed E-state index contributed by atoms with van der Waals surface area (Å²) in [6.45, 7) is 1.84. The van der Waals surface area contributed by atoms with Gasteiger partial charge in [0.15, 0.2) is 0 Å². The molecular weight excluding hydrogens is 228 g/mol. The van der Waals surface area contributed by atoms with Crippen LogP contribution in [0.4, 0.5) is 0 Å².